The minimum Gasteiger partial charge on any atom is -0.491 e. The van der Waals surface area contributed by atoms with Crippen LogP contribution in [0.3, 0.4) is 0 Å². The summed E-state index contributed by atoms with van der Waals surface area (Å²) in [5.74, 6) is 0.954. The molecular formula is C24H34O4. The molecule has 0 spiro atoms. The zero-order valence-electron chi connectivity index (χ0n) is 17.8. The standard InChI is InChI=1S/C24H34O4/c1-5-6-22-18-21(23-17-19(2)7-8-20(23)3)9-10-24(22)28-16-15-27-14-13-26-12-11-25-4/h7-10,17-18H,5-6,11-16H2,1-4H3. The lowest BCUT2D eigenvalue weighted by Gasteiger charge is -2.15. The van der Waals surface area contributed by atoms with Gasteiger partial charge in [-0.15, -0.1) is 0 Å². The molecule has 0 N–H and O–H groups in total. The summed E-state index contributed by atoms with van der Waals surface area (Å²) in [6.07, 6.45) is 2.09. The van der Waals surface area contributed by atoms with Gasteiger partial charge in [-0.25, -0.2) is 0 Å². The van der Waals surface area contributed by atoms with E-state index in [1.807, 2.05) is 0 Å². The number of hydrogen-bond donors (Lipinski definition) is 0. The van der Waals surface area contributed by atoms with E-state index in [9.17, 15) is 0 Å². The molecule has 2 rings (SSSR count). The van der Waals surface area contributed by atoms with Crippen molar-refractivity contribution in [3.8, 4) is 16.9 Å². The molecule has 4 heteroatoms. The number of ether oxygens (including phenoxy) is 4. The average Bonchev–Trinajstić information content (AvgIpc) is 2.69. The summed E-state index contributed by atoms with van der Waals surface area (Å²) in [4.78, 5) is 0. The van der Waals surface area contributed by atoms with Gasteiger partial charge in [-0.3, -0.25) is 0 Å². The third-order valence-corrected chi connectivity index (χ3v) is 4.57. The molecule has 0 fully saturated rings. The summed E-state index contributed by atoms with van der Waals surface area (Å²) in [7, 11) is 1.67. The topological polar surface area (TPSA) is 36.9 Å². The third-order valence-electron chi connectivity index (χ3n) is 4.57. The van der Waals surface area contributed by atoms with Crippen LogP contribution in [0.1, 0.15) is 30.0 Å². The Labute approximate surface area is 169 Å². The summed E-state index contributed by atoms with van der Waals surface area (Å²) in [6.45, 7) is 9.95. The van der Waals surface area contributed by atoms with Crippen molar-refractivity contribution in [1.29, 1.82) is 0 Å². The summed E-state index contributed by atoms with van der Waals surface area (Å²) in [5.41, 5.74) is 6.37. The number of benzene rings is 2. The number of aryl methyl sites for hydroxylation is 3. The van der Waals surface area contributed by atoms with Crippen LogP contribution in [0.25, 0.3) is 11.1 Å². The maximum Gasteiger partial charge on any atom is 0.122 e. The van der Waals surface area contributed by atoms with Crippen molar-refractivity contribution in [3.05, 3.63) is 53.1 Å². The molecule has 0 aliphatic carbocycles. The lowest BCUT2D eigenvalue weighted by Crippen LogP contribution is -2.12. The van der Waals surface area contributed by atoms with E-state index in [0.717, 1.165) is 18.6 Å². The first-order valence-electron chi connectivity index (χ1n) is 10.1. The van der Waals surface area contributed by atoms with Crippen molar-refractivity contribution >= 4 is 0 Å². The molecule has 2 aromatic carbocycles. The van der Waals surface area contributed by atoms with Crippen molar-refractivity contribution in [2.45, 2.75) is 33.6 Å². The van der Waals surface area contributed by atoms with Gasteiger partial charge in [0.1, 0.15) is 12.4 Å². The highest BCUT2D eigenvalue weighted by Gasteiger charge is 2.08. The zero-order chi connectivity index (χ0) is 20.2. The Hall–Kier alpha value is -1.88. The van der Waals surface area contributed by atoms with Crippen molar-refractivity contribution in [1.82, 2.24) is 0 Å². The molecule has 4 nitrogen and oxygen atoms in total. The van der Waals surface area contributed by atoms with Gasteiger partial charge in [-0.2, -0.15) is 0 Å². The van der Waals surface area contributed by atoms with Crippen LogP contribution in [0, 0.1) is 13.8 Å². The van der Waals surface area contributed by atoms with Gasteiger partial charge in [0, 0.05) is 7.11 Å². The lowest BCUT2D eigenvalue weighted by atomic mass is 9.95. The molecule has 0 heterocycles. The van der Waals surface area contributed by atoms with Gasteiger partial charge in [-0.05, 0) is 54.7 Å². The smallest absolute Gasteiger partial charge is 0.122 e. The Bertz CT molecular complexity index is 712. The maximum atomic E-state index is 5.99. The van der Waals surface area contributed by atoms with Crippen molar-refractivity contribution in [2.24, 2.45) is 0 Å². The molecule has 0 saturated heterocycles. The summed E-state index contributed by atoms with van der Waals surface area (Å²) >= 11 is 0. The van der Waals surface area contributed by atoms with Gasteiger partial charge in [0.15, 0.2) is 0 Å². The van der Waals surface area contributed by atoms with Crippen molar-refractivity contribution in [3.63, 3.8) is 0 Å². The van der Waals surface area contributed by atoms with E-state index in [2.05, 4.69) is 57.2 Å². The Morgan fingerprint density at radius 2 is 1.50 bits per heavy atom. The molecule has 0 amide bonds. The van der Waals surface area contributed by atoms with Gasteiger partial charge in [0.25, 0.3) is 0 Å². The largest absolute Gasteiger partial charge is 0.491 e. The van der Waals surface area contributed by atoms with Crippen LogP contribution in [-0.2, 0) is 20.6 Å². The van der Waals surface area contributed by atoms with E-state index in [4.69, 9.17) is 18.9 Å². The minimum atomic E-state index is 0.539. The van der Waals surface area contributed by atoms with Crippen LogP contribution in [0.5, 0.6) is 5.75 Å². The van der Waals surface area contributed by atoms with Gasteiger partial charge >= 0.3 is 0 Å². The Kier molecular flexibility index (Phi) is 10.0. The summed E-state index contributed by atoms with van der Waals surface area (Å²) in [6, 6.07) is 13.1. The Balaban J connectivity index is 1.89. The molecule has 154 valence electrons. The highest BCUT2D eigenvalue weighted by atomic mass is 16.6. The minimum absolute atomic E-state index is 0.539. The normalized spacial score (nSPS) is 11.0. The van der Waals surface area contributed by atoms with Crippen LogP contribution in [0.4, 0.5) is 0 Å². The van der Waals surface area contributed by atoms with Crippen LogP contribution < -0.4 is 4.74 Å². The number of hydrogen-bond acceptors (Lipinski definition) is 4. The van der Waals surface area contributed by atoms with Crippen molar-refractivity contribution in [2.75, 3.05) is 46.8 Å². The summed E-state index contributed by atoms with van der Waals surface area (Å²) < 4.78 is 21.9. The van der Waals surface area contributed by atoms with E-state index in [0.29, 0.717) is 39.6 Å². The second-order valence-electron chi connectivity index (χ2n) is 6.96. The first-order chi connectivity index (χ1) is 13.7. The fraction of sp³-hybridized carbons (Fsp3) is 0.500. The molecule has 0 atom stereocenters. The molecule has 0 radical (unpaired) electrons. The van der Waals surface area contributed by atoms with Gasteiger partial charge in [-0.1, -0.05) is 43.2 Å². The first kappa shape index (κ1) is 22.4. The second kappa shape index (κ2) is 12.6. The van der Waals surface area contributed by atoms with Crippen molar-refractivity contribution < 1.29 is 18.9 Å². The molecule has 28 heavy (non-hydrogen) atoms. The van der Waals surface area contributed by atoms with Gasteiger partial charge in [0.2, 0.25) is 0 Å². The molecule has 0 aromatic heterocycles. The van der Waals surface area contributed by atoms with E-state index < -0.39 is 0 Å². The molecule has 0 bridgehead atoms. The molecular weight excluding hydrogens is 352 g/mol. The Morgan fingerprint density at radius 1 is 0.786 bits per heavy atom. The zero-order valence-corrected chi connectivity index (χ0v) is 17.8. The monoisotopic (exact) mass is 386 g/mol. The highest BCUT2D eigenvalue weighted by Crippen LogP contribution is 2.30. The van der Waals surface area contributed by atoms with Crippen LogP contribution >= 0.6 is 0 Å². The molecule has 2 aromatic rings. The fourth-order valence-corrected chi connectivity index (χ4v) is 3.07. The van der Waals surface area contributed by atoms with Crippen LogP contribution in [0.2, 0.25) is 0 Å². The molecule has 0 unspecified atom stereocenters. The lowest BCUT2D eigenvalue weighted by molar-refractivity contribution is 0.0179. The summed E-state index contributed by atoms with van der Waals surface area (Å²) in [5, 5.41) is 0. The van der Waals surface area contributed by atoms with E-state index in [-0.39, 0.29) is 0 Å². The van der Waals surface area contributed by atoms with Gasteiger partial charge < -0.3 is 18.9 Å². The van der Waals surface area contributed by atoms with E-state index in [1.54, 1.807) is 7.11 Å². The first-order valence-corrected chi connectivity index (χ1v) is 10.1. The predicted molar refractivity (Wildman–Crippen MR) is 114 cm³/mol. The second-order valence-corrected chi connectivity index (χ2v) is 6.96. The highest BCUT2D eigenvalue weighted by molar-refractivity contribution is 5.69. The predicted octanol–water partition coefficient (Wildman–Crippen LogP) is 4.98. The molecule has 0 saturated carbocycles. The quantitative estimate of drug-likeness (QED) is 0.455. The SMILES string of the molecule is CCCc1cc(-c2cc(C)ccc2C)ccc1OCCOCCOCCOC. The van der Waals surface area contributed by atoms with Gasteiger partial charge in [0.05, 0.1) is 33.0 Å². The van der Waals surface area contributed by atoms with Crippen LogP contribution in [0.15, 0.2) is 36.4 Å². The van der Waals surface area contributed by atoms with E-state index >= 15 is 0 Å². The molecule has 0 aliphatic rings. The fourth-order valence-electron chi connectivity index (χ4n) is 3.07. The maximum absolute atomic E-state index is 5.99. The third kappa shape index (κ3) is 7.27. The van der Waals surface area contributed by atoms with E-state index in [1.165, 1.54) is 27.8 Å². The Morgan fingerprint density at radius 3 is 2.21 bits per heavy atom. The van der Waals surface area contributed by atoms with Crippen LogP contribution in [-0.4, -0.2) is 46.8 Å². The molecule has 0 aliphatic heterocycles. The number of rotatable bonds is 13. The number of methoxy groups -OCH3 is 1. The average molecular weight is 387 g/mol.